The lowest BCUT2D eigenvalue weighted by Crippen LogP contribution is -2.51. The van der Waals surface area contributed by atoms with Gasteiger partial charge in [0.15, 0.2) is 0 Å². The summed E-state index contributed by atoms with van der Waals surface area (Å²) >= 11 is 0. The average Bonchev–Trinajstić information content (AvgIpc) is 2.39. The van der Waals surface area contributed by atoms with E-state index >= 15 is 0 Å². The molecule has 1 amide bonds. The van der Waals surface area contributed by atoms with Gasteiger partial charge in [-0.05, 0) is 38.3 Å². The van der Waals surface area contributed by atoms with Gasteiger partial charge in [0.25, 0.3) is 0 Å². The maximum absolute atomic E-state index is 12.5. The molecule has 1 aromatic rings. The molecule has 3 N–H and O–H groups in total. The standard InChI is InChI=1S/C16H22N2O3/c1-12-3-5-13(6-4-12)18(10-7-15(20)21)14(19)11-16(17)8-2-9-16/h3-6H,2,7-11,17H2,1H3,(H,20,21). The van der Waals surface area contributed by atoms with Crippen molar-refractivity contribution in [2.75, 3.05) is 11.4 Å². The van der Waals surface area contributed by atoms with E-state index < -0.39 is 11.5 Å². The summed E-state index contributed by atoms with van der Waals surface area (Å²) in [5.74, 6) is -1.01. The Morgan fingerprint density at radius 1 is 1.29 bits per heavy atom. The number of amides is 1. The van der Waals surface area contributed by atoms with Gasteiger partial charge in [-0.2, -0.15) is 0 Å². The lowest BCUT2D eigenvalue weighted by molar-refractivity contribution is -0.136. The summed E-state index contributed by atoms with van der Waals surface area (Å²) in [6, 6.07) is 7.52. The van der Waals surface area contributed by atoms with Crippen LogP contribution >= 0.6 is 0 Å². The minimum Gasteiger partial charge on any atom is -0.481 e. The van der Waals surface area contributed by atoms with Crippen molar-refractivity contribution in [2.24, 2.45) is 5.73 Å². The molecule has 1 aliphatic rings. The largest absolute Gasteiger partial charge is 0.481 e. The minimum atomic E-state index is -0.911. The van der Waals surface area contributed by atoms with E-state index in [1.165, 1.54) is 0 Å². The Hall–Kier alpha value is -1.88. The molecule has 0 bridgehead atoms. The van der Waals surface area contributed by atoms with Crippen molar-refractivity contribution in [3.05, 3.63) is 29.8 Å². The molecular weight excluding hydrogens is 268 g/mol. The van der Waals surface area contributed by atoms with Gasteiger partial charge in [-0.1, -0.05) is 17.7 Å². The molecule has 114 valence electrons. The highest BCUT2D eigenvalue weighted by Gasteiger charge is 2.36. The first-order chi connectivity index (χ1) is 9.89. The fourth-order valence-corrected chi connectivity index (χ4v) is 2.53. The highest BCUT2D eigenvalue weighted by Crippen LogP contribution is 2.33. The van der Waals surface area contributed by atoms with E-state index in [2.05, 4.69) is 0 Å². The first-order valence-electron chi connectivity index (χ1n) is 7.27. The van der Waals surface area contributed by atoms with Crippen molar-refractivity contribution < 1.29 is 14.7 Å². The number of carboxylic acid groups (broad SMARTS) is 1. The topological polar surface area (TPSA) is 83.6 Å². The average molecular weight is 290 g/mol. The molecule has 0 aliphatic heterocycles. The Morgan fingerprint density at radius 2 is 1.90 bits per heavy atom. The molecule has 0 radical (unpaired) electrons. The Labute approximate surface area is 124 Å². The summed E-state index contributed by atoms with van der Waals surface area (Å²) in [5.41, 5.74) is 7.56. The number of nitrogens with zero attached hydrogens (tertiary/aromatic N) is 1. The summed E-state index contributed by atoms with van der Waals surface area (Å²) in [7, 11) is 0. The van der Waals surface area contributed by atoms with Crippen molar-refractivity contribution in [3.8, 4) is 0 Å². The van der Waals surface area contributed by atoms with Gasteiger partial charge in [0, 0.05) is 24.2 Å². The van der Waals surface area contributed by atoms with Crippen LogP contribution in [0.5, 0.6) is 0 Å². The van der Waals surface area contributed by atoms with E-state index in [1.807, 2.05) is 31.2 Å². The van der Waals surface area contributed by atoms with Gasteiger partial charge in [0.2, 0.25) is 5.91 Å². The highest BCUT2D eigenvalue weighted by atomic mass is 16.4. The molecule has 1 aliphatic carbocycles. The number of carbonyl (C=O) groups is 2. The van der Waals surface area contributed by atoms with Crippen LogP contribution < -0.4 is 10.6 Å². The first kappa shape index (κ1) is 15.5. The molecule has 0 heterocycles. The number of aliphatic carboxylic acids is 1. The quantitative estimate of drug-likeness (QED) is 0.840. The number of hydrogen-bond acceptors (Lipinski definition) is 3. The predicted octanol–water partition coefficient (Wildman–Crippen LogP) is 2.07. The zero-order chi connectivity index (χ0) is 15.5. The zero-order valence-corrected chi connectivity index (χ0v) is 12.3. The Balaban J connectivity index is 2.12. The lowest BCUT2D eigenvalue weighted by Gasteiger charge is -2.39. The van der Waals surface area contributed by atoms with Crippen molar-refractivity contribution in [1.29, 1.82) is 0 Å². The van der Waals surface area contributed by atoms with Crippen LogP contribution in [0, 0.1) is 6.92 Å². The fraction of sp³-hybridized carbons (Fsp3) is 0.500. The number of aryl methyl sites for hydroxylation is 1. The molecule has 5 nitrogen and oxygen atoms in total. The van der Waals surface area contributed by atoms with Crippen molar-refractivity contribution >= 4 is 17.6 Å². The number of anilines is 1. The van der Waals surface area contributed by atoms with E-state index in [4.69, 9.17) is 10.8 Å². The molecule has 1 saturated carbocycles. The van der Waals surface area contributed by atoms with Crippen LogP contribution in [0.4, 0.5) is 5.69 Å². The molecule has 0 atom stereocenters. The predicted molar refractivity (Wildman–Crippen MR) is 81.2 cm³/mol. The third-order valence-electron chi connectivity index (χ3n) is 4.05. The molecule has 0 saturated heterocycles. The molecule has 0 spiro atoms. The number of rotatable bonds is 6. The van der Waals surface area contributed by atoms with Crippen LogP contribution in [0.1, 0.15) is 37.7 Å². The maximum atomic E-state index is 12.5. The van der Waals surface area contributed by atoms with Crippen molar-refractivity contribution in [3.63, 3.8) is 0 Å². The van der Waals surface area contributed by atoms with Gasteiger partial charge in [0.1, 0.15) is 0 Å². The van der Waals surface area contributed by atoms with Gasteiger partial charge in [-0.25, -0.2) is 0 Å². The number of hydrogen-bond donors (Lipinski definition) is 2. The van der Waals surface area contributed by atoms with E-state index in [9.17, 15) is 9.59 Å². The van der Waals surface area contributed by atoms with Crippen LogP contribution in [-0.2, 0) is 9.59 Å². The van der Waals surface area contributed by atoms with E-state index in [1.54, 1.807) is 4.90 Å². The highest BCUT2D eigenvalue weighted by molar-refractivity contribution is 5.94. The number of nitrogens with two attached hydrogens (primary N) is 1. The second kappa shape index (κ2) is 6.26. The molecule has 5 heteroatoms. The second-order valence-electron chi connectivity index (χ2n) is 5.92. The number of carboxylic acids is 1. The van der Waals surface area contributed by atoms with Crippen LogP contribution in [0.3, 0.4) is 0 Å². The Bertz CT molecular complexity index is 521. The van der Waals surface area contributed by atoms with Crippen molar-refractivity contribution in [1.82, 2.24) is 0 Å². The summed E-state index contributed by atoms with van der Waals surface area (Å²) in [6.07, 6.45) is 2.99. The number of carbonyl (C=O) groups excluding carboxylic acids is 1. The summed E-state index contributed by atoms with van der Waals surface area (Å²) < 4.78 is 0. The van der Waals surface area contributed by atoms with Crippen LogP contribution in [0.25, 0.3) is 0 Å². The molecule has 21 heavy (non-hydrogen) atoms. The van der Waals surface area contributed by atoms with Gasteiger partial charge >= 0.3 is 5.97 Å². The first-order valence-corrected chi connectivity index (χ1v) is 7.27. The van der Waals surface area contributed by atoms with E-state index in [0.717, 1.165) is 30.5 Å². The maximum Gasteiger partial charge on any atom is 0.305 e. The summed E-state index contributed by atoms with van der Waals surface area (Å²) in [4.78, 5) is 24.8. The van der Waals surface area contributed by atoms with E-state index in [0.29, 0.717) is 0 Å². The number of benzene rings is 1. The van der Waals surface area contributed by atoms with Crippen LogP contribution in [0.2, 0.25) is 0 Å². The smallest absolute Gasteiger partial charge is 0.305 e. The summed E-state index contributed by atoms with van der Waals surface area (Å²) in [5, 5.41) is 8.86. The minimum absolute atomic E-state index is 0.0722. The molecule has 2 rings (SSSR count). The Morgan fingerprint density at radius 3 is 2.38 bits per heavy atom. The monoisotopic (exact) mass is 290 g/mol. The van der Waals surface area contributed by atoms with E-state index in [-0.39, 0.29) is 25.3 Å². The molecule has 1 fully saturated rings. The molecule has 1 aromatic carbocycles. The molecule has 0 aromatic heterocycles. The second-order valence-corrected chi connectivity index (χ2v) is 5.92. The summed E-state index contributed by atoms with van der Waals surface area (Å²) in [6.45, 7) is 2.14. The van der Waals surface area contributed by atoms with Gasteiger partial charge in [-0.15, -0.1) is 0 Å². The molecule has 0 unspecified atom stereocenters. The van der Waals surface area contributed by atoms with Gasteiger partial charge in [0.05, 0.1) is 6.42 Å². The lowest BCUT2D eigenvalue weighted by atomic mass is 9.75. The third-order valence-corrected chi connectivity index (χ3v) is 4.05. The van der Waals surface area contributed by atoms with Crippen LogP contribution in [-0.4, -0.2) is 29.1 Å². The SMILES string of the molecule is Cc1ccc(N(CCC(=O)O)C(=O)CC2(N)CCC2)cc1. The molecular formula is C16H22N2O3. The van der Waals surface area contributed by atoms with Crippen molar-refractivity contribution in [2.45, 2.75) is 44.6 Å². The van der Waals surface area contributed by atoms with Gasteiger partial charge < -0.3 is 15.7 Å². The van der Waals surface area contributed by atoms with Gasteiger partial charge in [-0.3, -0.25) is 9.59 Å². The zero-order valence-electron chi connectivity index (χ0n) is 12.3. The van der Waals surface area contributed by atoms with Crippen LogP contribution in [0.15, 0.2) is 24.3 Å². The fourth-order valence-electron chi connectivity index (χ4n) is 2.53. The third kappa shape index (κ3) is 4.04. The normalized spacial score (nSPS) is 16.1. The Kier molecular flexibility index (Phi) is 4.63.